The molecule has 5 nitrogen and oxygen atoms in total. The highest BCUT2D eigenvalue weighted by molar-refractivity contribution is 7.99. The van der Waals surface area contributed by atoms with Crippen molar-refractivity contribution in [1.82, 2.24) is 5.32 Å². The van der Waals surface area contributed by atoms with Gasteiger partial charge in [0.05, 0.1) is 17.8 Å². The molecule has 3 N–H and O–H groups in total. The molecule has 0 aliphatic carbocycles. The lowest BCUT2D eigenvalue weighted by molar-refractivity contribution is -0.142. The zero-order valence-electron chi connectivity index (χ0n) is 11.3. The lowest BCUT2D eigenvalue weighted by Gasteiger charge is -2.21. The third kappa shape index (κ3) is 7.16. The quantitative estimate of drug-likeness (QED) is 0.672. The molecule has 1 atom stereocenters. The second-order valence-corrected chi connectivity index (χ2v) is 5.81. The van der Waals surface area contributed by atoms with Gasteiger partial charge in [-0.15, -0.1) is 11.8 Å². The van der Waals surface area contributed by atoms with Gasteiger partial charge in [0.1, 0.15) is 0 Å². The second kappa shape index (κ2) is 7.91. The molecule has 0 bridgehead atoms. The molecule has 1 amide bonds. The first-order valence-electron chi connectivity index (χ1n) is 6.21. The van der Waals surface area contributed by atoms with Crippen molar-refractivity contribution in [3.05, 3.63) is 35.9 Å². The van der Waals surface area contributed by atoms with Crippen molar-refractivity contribution in [2.45, 2.75) is 24.7 Å². The summed E-state index contributed by atoms with van der Waals surface area (Å²) in [6.45, 7) is 1.32. The van der Waals surface area contributed by atoms with Crippen LogP contribution in [0.1, 0.15) is 18.9 Å². The van der Waals surface area contributed by atoms with Crippen molar-refractivity contribution in [2.24, 2.45) is 0 Å². The molecule has 0 saturated heterocycles. The maximum Gasteiger partial charge on any atom is 0.306 e. The second-order valence-electron chi connectivity index (χ2n) is 4.82. The Morgan fingerprint density at radius 1 is 1.30 bits per heavy atom. The predicted octanol–water partition coefficient (Wildman–Crippen LogP) is 1.26. The summed E-state index contributed by atoms with van der Waals surface area (Å²) in [5, 5.41) is 20.9. The summed E-state index contributed by atoms with van der Waals surface area (Å²) in [7, 11) is 0. The lowest BCUT2D eigenvalue weighted by Crippen LogP contribution is -2.42. The molecule has 0 heterocycles. The van der Waals surface area contributed by atoms with Crippen molar-refractivity contribution in [1.29, 1.82) is 0 Å². The molecule has 6 heteroatoms. The van der Waals surface area contributed by atoms with E-state index < -0.39 is 18.0 Å². The van der Waals surface area contributed by atoms with Crippen LogP contribution in [-0.2, 0) is 15.3 Å². The number of carboxylic acids is 1. The highest BCUT2D eigenvalue weighted by Gasteiger charge is 2.24. The molecule has 1 aromatic rings. The van der Waals surface area contributed by atoms with Gasteiger partial charge >= 0.3 is 5.97 Å². The van der Waals surface area contributed by atoms with E-state index in [1.54, 1.807) is 0 Å². The van der Waals surface area contributed by atoms with Crippen LogP contribution in [0.4, 0.5) is 0 Å². The number of aliphatic hydroxyl groups is 1. The smallest absolute Gasteiger partial charge is 0.306 e. The summed E-state index contributed by atoms with van der Waals surface area (Å²) in [6, 6.07) is 9.80. The fraction of sp³-hybridized carbons (Fsp3) is 0.429. The molecule has 1 aromatic carbocycles. The lowest BCUT2D eigenvalue weighted by atomic mass is 10.0. The van der Waals surface area contributed by atoms with Crippen LogP contribution in [0.25, 0.3) is 0 Å². The van der Waals surface area contributed by atoms with E-state index in [9.17, 15) is 14.7 Å². The predicted molar refractivity (Wildman–Crippen MR) is 78.5 cm³/mol. The number of nitrogens with one attached hydrogen (secondary N) is 1. The van der Waals surface area contributed by atoms with Crippen molar-refractivity contribution in [3.8, 4) is 0 Å². The molecule has 0 aliphatic heterocycles. The number of hydrogen-bond donors (Lipinski definition) is 3. The molecule has 0 aromatic heterocycles. The summed E-state index contributed by atoms with van der Waals surface area (Å²) in [5.41, 5.74) is -0.283. The van der Waals surface area contributed by atoms with E-state index in [0.717, 1.165) is 11.3 Å². The number of carbonyl (C=O) groups is 2. The third-order valence-corrected chi connectivity index (χ3v) is 3.55. The molecule has 110 valence electrons. The number of thioether (sulfide) groups is 1. The Morgan fingerprint density at radius 2 is 1.95 bits per heavy atom. The van der Waals surface area contributed by atoms with Gasteiger partial charge in [-0.05, 0) is 12.5 Å². The molecule has 0 fully saturated rings. The SMILES string of the molecule is CC(O)(CNC(=O)CSCc1ccccc1)CC(=O)O. The highest BCUT2D eigenvalue weighted by Crippen LogP contribution is 2.11. The Bertz CT molecular complexity index is 448. The molecule has 0 spiro atoms. The fourth-order valence-corrected chi connectivity index (χ4v) is 2.38. The minimum absolute atomic E-state index is 0.0654. The van der Waals surface area contributed by atoms with E-state index in [1.807, 2.05) is 30.3 Å². The summed E-state index contributed by atoms with van der Waals surface area (Å²) in [4.78, 5) is 22.1. The number of carbonyl (C=O) groups excluding carboxylic acids is 1. The zero-order valence-corrected chi connectivity index (χ0v) is 12.2. The molecule has 1 unspecified atom stereocenters. The number of carboxylic acid groups (broad SMARTS) is 1. The van der Waals surface area contributed by atoms with Crippen molar-refractivity contribution < 1.29 is 19.8 Å². The van der Waals surface area contributed by atoms with E-state index in [2.05, 4.69) is 5.32 Å². The summed E-state index contributed by atoms with van der Waals surface area (Å²) >= 11 is 1.47. The molecule has 0 radical (unpaired) electrons. The van der Waals surface area contributed by atoms with Gasteiger partial charge in [0, 0.05) is 12.3 Å². The van der Waals surface area contributed by atoms with Crippen molar-refractivity contribution in [3.63, 3.8) is 0 Å². The standard InChI is InChI=1S/C14H19NO4S/c1-14(19,7-13(17)18)10-15-12(16)9-20-8-11-5-3-2-4-6-11/h2-6,19H,7-10H2,1H3,(H,15,16)(H,17,18). The van der Waals surface area contributed by atoms with E-state index in [-0.39, 0.29) is 18.2 Å². The van der Waals surface area contributed by atoms with Gasteiger partial charge in [-0.1, -0.05) is 30.3 Å². The summed E-state index contributed by atoms with van der Waals surface area (Å²) in [6.07, 6.45) is -0.398. The van der Waals surface area contributed by atoms with E-state index in [1.165, 1.54) is 18.7 Å². The Balaban J connectivity index is 2.22. The molecule has 20 heavy (non-hydrogen) atoms. The van der Waals surface area contributed by atoms with E-state index >= 15 is 0 Å². The molecular formula is C14H19NO4S. The molecular weight excluding hydrogens is 278 g/mol. The van der Waals surface area contributed by atoms with Crippen LogP contribution in [0.15, 0.2) is 30.3 Å². The first kappa shape index (κ1) is 16.5. The zero-order chi connectivity index (χ0) is 15.0. The van der Waals surface area contributed by atoms with Gasteiger partial charge in [0.25, 0.3) is 0 Å². The van der Waals surface area contributed by atoms with Crippen LogP contribution in [-0.4, -0.2) is 40.0 Å². The first-order valence-corrected chi connectivity index (χ1v) is 7.37. The number of benzene rings is 1. The summed E-state index contributed by atoms with van der Waals surface area (Å²) in [5.74, 6) is -0.294. The van der Waals surface area contributed by atoms with Crippen molar-refractivity contribution >= 4 is 23.6 Å². The summed E-state index contributed by atoms with van der Waals surface area (Å²) < 4.78 is 0. The van der Waals surface area contributed by atoms with Crippen LogP contribution >= 0.6 is 11.8 Å². The Hall–Kier alpha value is -1.53. The minimum atomic E-state index is -1.43. The topological polar surface area (TPSA) is 86.6 Å². The van der Waals surface area contributed by atoms with Crippen LogP contribution in [0.3, 0.4) is 0 Å². The molecule has 1 rings (SSSR count). The van der Waals surface area contributed by atoms with Crippen LogP contribution in [0.5, 0.6) is 0 Å². The van der Waals surface area contributed by atoms with Crippen molar-refractivity contribution in [2.75, 3.05) is 12.3 Å². The van der Waals surface area contributed by atoms with Gasteiger partial charge in [-0.2, -0.15) is 0 Å². The van der Waals surface area contributed by atoms with Gasteiger partial charge in [-0.3, -0.25) is 9.59 Å². The normalized spacial score (nSPS) is 13.5. The Morgan fingerprint density at radius 3 is 2.55 bits per heavy atom. The number of hydrogen-bond acceptors (Lipinski definition) is 4. The first-order chi connectivity index (χ1) is 9.39. The molecule has 0 aliphatic rings. The number of rotatable bonds is 8. The van der Waals surface area contributed by atoms with E-state index in [0.29, 0.717) is 0 Å². The maximum atomic E-state index is 11.6. The average Bonchev–Trinajstić information content (AvgIpc) is 2.36. The monoisotopic (exact) mass is 297 g/mol. The average molecular weight is 297 g/mol. The van der Waals surface area contributed by atoms with E-state index in [4.69, 9.17) is 5.11 Å². The van der Waals surface area contributed by atoms with Crippen LogP contribution < -0.4 is 5.32 Å². The Labute approximate surface area is 122 Å². The fourth-order valence-electron chi connectivity index (χ4n) is 1.56. The maximum absolute atomic E-state index is 11.6. The minimum Gasteiger partial charge on any atom is -0.481 e. The largest absolute Gasteiger partial charge is 0.481 e. The molecule has 0 saturated carbocycles. The highest BCUT2D eigenvalue weighted by atomic mass is 32.2. The van der Waals surface area contributed by atoms with Crippen LogP contribution in [0.2, 0.25) is 0 Å². The van der Waals surface area contributed by atoms with Gasteiger partial charge in [-0.25, -0.2) is 0 Å². The van der Waals surface area contributed by atoms with Gasteiger partial charge < -0.3 is 15.5 Å². The van der Waals surface area contributed by atoms with Gasteiger partial charge in [0.15, 0.2) is 0 Å². The third-order valence-electron chi connectivity index (χ3n) is 2.54. The Kier molecular flexibility index (Phi) is 6.54. The van der Waals surface area contributed by atoms with Crippen LogP contribution in [0, 0.1) is 0 Å². The number of aliphatic carboxylic acids is 1. The van der Waals surface area contributed by atoms with Gasteiger partial charge in [0.2, 0.25) is 5.91 Å². The number of amides is 1.